The van der Waals surface area contributed by atoms with Crippen molar-refractivity contribution in [3.63, 3.8) is 0 Å². The van der Waals surface area contributed by atoms with E-state index < -0.39 is 5.60 Å². The van der Waals surface area contributed by atoms with E-state index >= 15 is 0 Å². The van der Waals surface area contributed by atoms with Crippen molar-refractivity contribution in [1.29, 1.82) is 0 Å². The van der Waals surface area contributed by atoms with Crippen molar-refractivity contribution in [3.05, 3.63) is 28.2 Å². The number of amides is 1. The molecule has 1 aliphatic heterocycles. The molecule has 0 aromatic carbocycles. The third kappa shape index (κ3) is 4.10. The standard InChI is InChI=1S/C20H31N5O4/c1-7-15-11-23(13(2)10-24(15)19(28)29-20(3,4)5)17-9-18(27)22(6)16-8-14(12-26)21-25(16)17/h8-9,13,15,26H,7,10-12H2,1-6H3/t13-,15+/m0/s1. The Morgan fingerprint density at radius 1 is 1.31 bits per heavy atom. The van der Waals surface area contributed by atoms with E-state index in [0.717, 1.165) is 6.42 Å². The van der Waals surface area contributed by atoms with Crippen molar-refractivity contribution in [2.24, 2.45) is 7.05 Å². The second-order valence-electron chi connectivity index (χ2n) is 8.66. The van der Waals surface area contributed by atoms with Crippen LogP contribution in [0.25, 0.3) is 5.65 Å². The van der Waals surface area contributed by atoms with Crippen molar-refractivity contribution < 1.29 is 14.6 Å². The smallest absolute Gasteiger partial charge is 0.410 e. The van der Waals surface area contributed by atoms with Crippen LogP contribution in [0, 0.1) is 0 Å². The topological polar surface area (TPSA) is 92.3 Å². The summed E-state index contributed by atoms with van der Waals surface area (Å²) in [5, 5.41) is 13.9. The van der Waals surface area contributed by atoms with E-state index in [-0.39, 0.29) is 30.3 Å². The number of anilines is 1. The molecule has 9 heteroatoms. The van der Waals surface area contributed by atoms with Gasteiger partial charge in [-0.25, -0.2) is 9.31 Å². The zero-order valence-electron chi connectivity index (χ0n) is 18.0. The molecule has 0 aliphatic carbocycles. The third-order valence-corrected chi connectivity index (χ3v) is 5.28. The van der Waals surface area contributed by atoms with Gasteiger partial charge in [0.2, 0.25) is 0 Å². The highest BCUT2D eigenvalue weighted by atomic mass is 16.6. The van der Waals surface area contributed by atoms with Gasteiger partial charge in [0.05, 0.1) is 18.3 Å². The first kappa shape index (κ1) is 21.2. The molecule has 3 rings (SSSR count). The molecule has 0 spiro atoms. The summed E-state index contributed by atoms with van der Waals surface area (Å²) in [6.07, 6.45) is 0.448. The molecular weight excluding hydrogens is 374 g/mol. The van der Waals surface area contributed by atoms with Gasteiger partial charge in [0.1, 0.15) is 17.1 Å². The van der Waals surface area contributed by atoms with Gasteiger partial charge in [0, 0.05) is 38.3 Å². The molecule has 0 radical (unpaired) electrons. The van der Waals surface area contributed by atoms with Gasteiger partial charge >= 0.3 is 6.09 Å². The van der Waals surface area contributed by atoms with Gasteiger partial charge in [-0.15, -0.1) is 0 Å². The number of aromatic nitrogens is 3. The molecule has 160 valence electrons. The Morgan fingerprint density at radius 3 is 2.59 bits per heavy atom. The van der Waals surface area contributed by atoms with Crippen LogP contribution in [-0.4, -0.2) is 61.1 Å². The monoisotopic (exact) mass is 405 g/mol. The Hall–Kier alpha value is -2.55. The number of nitrogens with zero attached hydrogens (tertiary/aromatic N) is 5. The number of hydrogen-bond donors (Lipinski definition) is 1. The first-order valence-corrected chi connectivity index (χ1v) is 10.0. The van der Waals surface area contributed by atoms with E-state index in [0.29, 0.717) is 30.2 Å². The predicted molar refractivity (Wildman–Crippen MR) is 110 cm³/mol. The maximum absolute atomic E-state index is 12.7. The number of carbonyl (C=O) groups excluding carboxylic acids is 1. The number of rotatable bonds is 3. The van der Waals surface area contributed by atoms with Crippen LogP contribution in [-0.2, 0) is 18.4 Å². The molecule has 0 unspecified atom stereocenters. The lowest BCUT2D eigenvalue weighted by atomic mass is 10.1. The lowest BCUT2D eigenvalue weighted by Crippen LogP contribution is -2.60. The van der Waals surface area contributed by atoms with Gasteiger partial charge in [-0.1, -0.05) is 6.92 Å². The molecule has 3 heterocycles. The van der Waals surface area contributed by atoms with Gasteiger partial charge < -0.3 is 19.6 Å². The van der Waals surface area contributed by atoms with Crippen LogP contribution in [0.5, 0.6) is 0 Å². The summed E-state index contributed by atoms with van der Waals surface area (Å²) in [4.78, 5) is 29.1. The minimum atomic E-state index is -0.552. The van der Waals surface area contributed by atoms with E-state index in [4.69, 9.17) is 4.74 Å². The summed E-state index contributed by atoms with van der Waals surface area (Å²) < 4.78 is 8.79. The highest BCUT2D eigenvalue weighted by molar-refractivity contribution is 5.69. The fraction of sp³-hybridized carbons (Fsp3) is 0.650. The number of aliphatic hydroxyl groups is 1. The molecule has 29 heavy (non-hydrogen) atoms. The zero-order chi connectivity index (χ0) is 21.5. The van der Waals surface area contributed by atoms with Gasteiger partial charge in [-0.2, -0.15) is 5.10 Å². The number of aliphatic hydroxyl groups excluding tert-OH is 1. The average molecular weight is 405 g/mol. The van der Waals surface area contributed by atoms with Crippen LogP contribution < -0.4 is 10.5 Å². The van der Waals surface area contributed by atoms with E-state index in [1.807, 2.05) is 34.6 Å². The molecule has 2 aromatic rings. The second-order valence-corrected chi connectivity index (χ2v) is 8.66. The molecule has 9 nitrogen and oxygen atoms in total. The first-order chi connectivity index (χ1) is 13.6. The predicted octanol–water partition coefficient (Wildman–Crippen LogP) is 1.75. The van der Waals surface area contributed by atoms with E-state index in [1.165, 1.54) is 4.57 Å². The lowest BCUT2D eigenvalue weighted by Gasteiger charge is -2.46. The van der Waals surface area contributed by atoms with Crippen LogP contribution in [0.3, 0.4) is 0 Å². The van der Waals surface area contributed by atoms with E-state index in [9.17, 15) is 14.7 Å². The van der Waals surface area contributed by atoms with E-state index in [2.05, 4.69) is 10.00 Å². The fourth-order valence-corrected chi connectivity index (χ4v) is 3.74. The summed E-state index contributed by atoms with van der Waals surface area (Å²) in [5.74, 6) is 0.664. The first-order valence-electron chi connectivity index (χ1n) is 10.0. The summed E-state index contributed by atoms with van der Waals surface area (Å²) in [6.45, 7) is 10.5. The van der Waals surface area contributed by atoms with Crippen molar-refractivity contribution in [3.8, 4) is 0 Å². The van der Waals surface area contributed by atoms with Crippen LogP contribution in [0.1, 0.15) is 46.7 Å². The Balaban J connectivity index is 1.97. The number of aryl methyl sites for hydroxylation is 1. The molecule has 1 fully saturated rings. The molecular formula is C20H31N5O4. The molecule has 0 saturated carbocycles. The average Bonchev–Trinajstić information content (AvgIpc) is 3.08. The maximum atomic E-state index is 12.7. The Bertz CT molecular complexity index is 958. The highest BCUT2D eigenvalue weighted by Gasteiger charge is 2.37. The third-order valence-electron chi connectivity index (χ3n) is 5.28. The van der Waals surface area contributed by atoms with Gasteiger partial charge in [0.15, 0.2) is 0 Å². The normalized spacial score (nSPS) is 20.4. The van der Waals surface area contributed by atoms with Gasteiger partial charge in [-0.05, 0) is 34.1 Å². The van der Waals surface area contributed by atoms with Crippen molar-refractivity contribution in [2.45, 2.75) is 65.3 Å². The number of hydrogen-bond acceptors (Lipinski definition) is 6. The molecule has 2 aromatic heterocycles. The summed E-state index contributed by atoms with van der Waals surface area (Å²) in [7, 11) is 1.68. The largest absolute Gasteiger partial charge is 0.444 e. The number of piperazine rings is 1. The molecule has 1 amide bonds. The molecule has 2 atom stereocenters. The quantitative estimate of drug-likeness (QED) is 0.836. The van der Waals surface area contributed by atoms with Crippen molar-refractivity contribution in [2.75, 3.05) is 18.0 Å². The van der Waals surface area contributed by atoms with Crippen molar-refractivity contribution >= 4 is 17.6 Å². The van der Waals surface area contributed by atoms with E-state index in [1.54, 1.807) is 28.6 Å². The number of ether oxygens (including phenoxy) is 1. The molecule has 1 aliphatic rings. The SMILES string of the molecule is CC[C@@H]1CN(c2cc(=O)n(C)c3cc(CO)nn23)[C@@H](C)CN1C(=O)OC(C)(C)C. The lowest BCUT2D eigenvalue weighted by molar-refractivity contribution is 0.0105. The summed E-state index contributed by atoms with van der Waals surface area (Å²) >= 11 is 0. The Morgan fingerprint density at radius 2 is 2.00 bits per heavy atom. The highest BCUT2D eigenvalue weighted by Crippen LogP contribution is 2.26. The Kier molecular flexibility index (Phi) is 5.62. The molecule has 1 saturated heterocycles. The summed E-state index contributed by atoms with van der Waals surface area (Å²) in [6, 6.07) is 3.19. The van der Waals surface area contributed by atoms with Crippen LogP contribution >= 0.6 is 0 Å². The minimum absolute atomic E-state index is 0.0394. The Labute approximate surface area is 170 Å². The molecule has 0 bridgehead atoms. The summed E-state index contributed by atoms with van der Waals surface area (Å²) in [5.41, 5.74) is 0.418. The zero-order valence-corrected chi connectivity index (χ0v) is 18.0. The van der Waals surface area contributed by atoms with Gasteiger partial charge in [-0.3, -0.25) is 9.36 Å². The second kappa shape index (κ2) is 7.70. The maximum Gasteiger partial charge on any atom is 0.410 e. The fourth-order valence-electron chi connectivity index (χ4n) is 3.74. The molecule has 1 N–H and O–H groups in total. The number of carbonyl (C=O) groups is 1. The number of fused-ring (bicyclic) bond motifs is 1. The van der Waals surface area contributed by atoms with Crippen LogP contribution in [0.15, 0.2) is 16.9 Å². The minimum Gasteiger partial charge on any atom is -0.444 e. The van der Waals surface area contributed by atoms with Crippen molar-refractivity contribution in [1.82, 2.24) is 19.1 Å². The van der Waals surface area contributed by atoms with Crippen LogP contribution in [0.4, 0.5) is 10.6 Å². The van der Waals surface area contributed by atoms with Gasteiger partial charge in [0.25, 0.3) is 5.56 Å². The van der Waals surface area contributed by atoms with Crippen LogP contribution in [0.2, 0.25) is 0 Å².